The first-order valence-corrected chi connectivity index (χ1v) is 9.77. The lowest BCUT2D eigenvalue weighted by Crippen LogP contribution is -2.33. The summed E-state index contributed by atoms with van der Waals surface area (Å²) in [5, 5.41) is 2.85. The fraction of sp³-hybridized carbons (Fsp3) is 0.158. The standard InChI is InChI=1S/C19H15BrN2O4S/c1-11-6-13(20)3-4-14(11)21-9-22-18(23)17(27-19(22)24)8-12-2-5-15-16(7-12)26-10-25-15/h2-8,21H,9-10H2,1H3/b17-8+. The zero-order valence-electron chi connectivity index (χ0n) is 14.3. The normalized spacial score (nSPS) is 17.1. The van der Waals surface area contributed by atoms with E-state index in [9.17, 15) is 9.59 Å². The van der Waals surface area contributed by atoms with Crippen molar-refractivity contribution in [3.8, 4) is 11.5 Å². The predicted molar refractivity (Wildman–Crippen MR) is 108 cm³/mol. The molecule has 6 nitrogen and oxygen atoms in total. The number of rotatable bonds is 4. The highest BCUT2D eigenvalue weighted by Gasteiger charge is 2.35. The Hall–Kier alpha value is -2.45. The van der Waals surface area contributed by atoms with E-state index >= 15 is 0 Å². The molecule has 2 aliphatic heterocycles. The van der Waals surface area contributed by atoms with E-state index in [-0.39, 0.29) is 24.6 Å². The molecule has 27 heavy (non-hydrogen) atoms. The number of hydrogen-bond donors (Lipinski definition) is 1. The highest BCUT2D eigenvalue weighted by molar-refractivity contribution is 9.10. The van der Waals surface area contributed by atoms with E-state index in [0.29, 0.717) is 16.4 Å². The maximum atomic E-state index is 12.6. The molecule has 2 aromatic carbocycles. The molecule has 0 saturated carbocycles. The second-order valence-electron chi connectivity index (χ2n) is 6.02. The van der Waals surface area contributed by atoms with Crippen molar-refractivity contribution in [2.45, 2.75) is 6.92 Å². The van der Waals surface area contributed by atoms with Gasteiger partial charge in [0.2, 0.25) is 6.79 Å². The number of anilines is 1. The molecule has 2 heterocycles. The molecule has 2 aliphatic rings. The largest absolute Gasteiger partial charge is 0.454 e. The minimum atomic E-state index is -0.315. The monoisotopic (exact) mass is 446 g/mol. The minimum absolute atomic E-state index is 0.117. The second-order valence-corrected chi connectivity index (χ2v) is 7.93. The minimum Gasteiger partial charge on any atom is -0.454 e. The van der Waals surface area contributed by atoms with E-state index in [1.165, 1.54) is 4.90 Å². The maximum Gasteiger partial charge on any atom is 0.295 e. The molecule has 0 spiro atoms. The van der Waals surface area contributed by atoms with Gasteiger partial charge >= 0.3 is 0 Å². The van der Waals surface area contributed by atoms with Crippen molar-refractivity contribution >= 4 is 50.6 Å². The van der Waals surface area contributed by atoms with Gasteiger partial charge in [-0.1, -0.05) is 22.0 Å². The number of carbonyl (C=O) groups excluding carboxylic acids is 2. The van der Waals surface area contributed by atoms with Gasteiger partial charge in [-0.2, -0.15) is 0 Å². The number of carbonyl (C=O) groups is 2. The number of nitrogens with zero attached hydrogens (tertiary/aromatic N) is 1. The third-order valence-corrected chi connectivity index (χ3v) is 5.58. The van der Waals surface area contributed by atoms with E-state index in [2.05, 4.69) is 21.2 Å². The fourth-order valence-electron chi connectivity index (χ4n) is 2.78. The molecular weight excluding hydrogens is 432 g/mol. The molecule has 1 saturated heterocycles. The smallest absolute Gasteiger partial charge is 0.295 e. The number of halogens is 1. The summed E-state index contributed by atoms with van der Waals surface area (Å²) in [7, 11) is 0. The molecule has 0 bridgehead atoms. The van der Waals surface area contributed by atoms with Crippen LogP contribution in [0.4, 0.5) is 10.5 Å². The lowest BCUT2D eigenvalue weighted by atomic mass is 10.2. The van der Waals surface area contributed by atoms with Crippen LogP contribution in [0.15, 0.2) is 45.8 Å². The molecule has 0 radical (unpaired) electrons. The summed E-state index contributed by atoms with van der Waals surface area (Å²) < 4.78 is 11.6. The average molecular weight is 447 g/mol. The summed E-state index contributed by atoms with van der Waals surface area (Å²) in [6, 6.07) is 11.2. The van der Waals surface area contributed by atoms with E-state index in [4.69, 9.17) is 9.47 Å². The van der Waals surface area contributed by atoms with Crippen LogP contribution in [0.5, 0.6) is 11.5 Å². The summed E-state index contributed by atoms with van der Waals surface area (Å²) in [5.74, 6) is 0.995. The summed E-state index contributed by atoms with van der Waals surface area (Å²) in [5.41, 5.74) is 2.67. The lowest BCUT2D eigenvalue weighted by Gasteiger charge is -2.16. The maximum absolute atomic E-state index is 12.6. The average Bonchev–Trinajstić information content (AvgIpc) is 3.19. The van der Waals surface area contributed by atoms with Crippen molar-refractivity contribution in [2.24, 2.45) is 0 Å². The van der Waals surface area contributed by atoms with Crippen molar-refractivity contribution < 1.29 is 19.1 Å². The van der Waals surface area contributed by atoms with Crippen molar-refractivity contribution in [3.05, 3.63) is 56.9 Å². The number of imide groups is 1. The summed E-state index contributed by atoms with van der Waals surface area (Å²) in [6.07, 6.45) is 1.69. The molecule has 0 unspecified atom stereocenters. The number of fused-ring (bicyclic) bond motifs is 1. The van der Waals surface area contributed by atoms with Crippen LogP contribution in [-0.2, 0) is 4.79 Å². The topological polar surface area (TPSA) is 67.9 Å². The van der Waals surface area contributed by atoms with Gasteiger partial charge in [0, 0.05) is 10.2 Å². The molecule has 8 heteroatoms. The Bertz CT molecular complexity index is 976. The third kappa shape index (κ3) is 3.68. The Morgan fingerprint density at radius 2 is 2.00 bits per heavy atom. The zero-order chi connectivity index (χ0) is 19.0. The van der Waals surface area contributed by atoms with Crippen LogP contribution in [0.25, 0.3) is 6.08 Å². The molecular formula is C19H15BrN2O4S. The van der Waals surface area contributed by atoms with Crippen molar-refractivity contribution in [3.63, 3.8) is 0 Å². The fourth-order valence-corrected chi connectivity index (χ4v) is 4.09. The zero-order valence-corrected chi connectivity index (χ0v) is 16.7. The molecule has 1 N–H and O–H groups in total. The number of ether oxygens (including phenoxy) is 2. The highest BCUT2D eigenvalue weighted by Crippen LogP contribution is 2.36. The van der Waals surface area contributed by atoms with E-state index in [0.717, 1.165) is 33.0 Å². The van der Waals surface area contributed by atoms with Crippen LogP contribution >= 0.6 is 27.7 Å². The molecule has 4 rings (SSSR count). The van der Waals surface area contributed by atoms with Gasteiger partial charge in [-0.15, -0.1) is 0 Å². The third-order valence-electron chi connectivity index (χ3n) is 4.18. The molecule has 1 fully saturated rings. The van der Waals surface area contributed by atoms with Crippen LogP contribution in [0, 0.1) is 6.92 Å². The Labute approximate surface area is 168 Å². The summed E-state index contributed by atoms with van der Waals surface area (Å²) >= 11 is 4.35. The molecule has 0 aromatic heterocycles. The number of amides is 2. The SMILES string of the molecule is Cc1cc(Br)ccc1NCN1C(=O)S/C(=C/c2ccc3c(c2)OCO3)C1=O. The predicted octanol–water partition coefficient (Wildman–Crippen LogP) is 4.59. The van der Waals surface area contributed by atoms with E-state index < -0.39 is 0 Å². The van der Waals surface area contributed by atoms with Gasteiger partial charge < -0.3 is 14.8 Å². The number of nitrogens with one attached hydrogen (secondary N) is 1. The van der Waals surface area contributed by atoms with Crippen LogP contribution in [-0.4, -0.2) is 29.5 Å². The van der Waals surface area contributed by atoms with Gasteiger partial charge in [0.25, 0.3) is 11.1 Å². The van der Waals surface area contributed by atoms with Gasteiger partial charge in [0.1, 0.15) is 0 Å². The summed E-state index contributed by atoms with van der Waals surface area (Å²) in [4.78, 5) is 26.5. The molecule has 2 amide bonds. The number of benzene rings is 2. The molecule has 2 aromatic rings. The lowest BCUT2D eigenvalue weighted by molar-refractivity contribution is -0.122. The molecule has 0 aliphatic carbocycles. The molecule has 0 atom stereocenters. The van der Waals surface area contributed by atoms with Crippen molar-refractivity contribution in [2.75, 3.05) is 18.8 Å². The first-order chi connectivity index (χ1) is 13.0. The first kappa shape index (κ1) is 17.9. The van der Waals surface area contributed by atoms with Crippen LogP contribution in [0.2, 0.25) is 0 Å². The first-order valence-electron chi connectivity index (χ1n) is 8.16. The number of hydrogen-bond acceptors (Lipinski definition) is 6. The quantitative estimate of drug-likeness (QED) is 0.692. The van der Waals surface area contributed by atoms with Gasteiger partial charge in [-0.3, -0.25) is 14.5 Å². The van der Waals surface area contributed by atoms with Gasteiger partial charge in [-0.05, 0) is 66.2 Å². The van der Waals surface area contributed by atoms with Crippen LogP contribution < -0.4 is 14.8 Å². The summed E-state index contributed by atoms with van der Waals surface area (Å²) in [6.45, 7) is 2.27. The van der Waals surface area contributed by atoms with Crippen molar-refractivity contribution in [1.82, 2.24) is 4.90 Å². The van der Waals surface area contributed by atoms with E-state index in [1.54, 1.807) is 18.2 Å². The Kier molecular flexibility index (Phi) is 4.84. The van der Waals surface area contributed by atoms with Gasteiger partial charge in [-0.25, -0.2) is 0 Å². The highest BCUT2D eigenvalue weighted by atomic mass is 79.9. The molecule has 138 valence electrons. The Morgan fingerprint density at radius 3 is 2.81 bits per heavy atom. The van der Waals surface area contributed by atoms with Crippen LogP contribution in [0.1, 0.15) is 11.1 Å². The second kappa shape index (κ2) is 7.28. The Balaban J connectivity index is 1.48. The van der Waals surface area contributed by atoms with E-state index in [1.807, 2.05) is 31.2 Å². The van der Waals surface area contributed by atoms with Crippen LogP contribution in [0.3, 0.4) is 0 Å². The Morgan fingerprint density at radius 1 is 1.19 bits per heavy atom. The van der Waals surface area contributed by atoms with Gasteiger partial charge in [0.15, 0.2) is 11.5 Å². The number of thioether (sulfide) groups is 1. The van der Waals surface area contributed by atoms with Gasteiger partial charge in [0.05, 0.1) is 11.6 Å². The number of aryl methyl sites for hydroxylation is 1. The van der Waals surface area contributed by atoms with Crippen molar-refractivity contribution in [1.29, 1.82) is 0 Å².